The van der Waals surface area contributed by atoms with Crippen molar-refractivity contribution in [2.75, 3.05) is 0 Å². The molecule has 1 heterocycles. The SMILES string of the molecule is CC1(C)[C@H]2C[C@H]3O[C@]34C[C@]3(C)CC[C@H]5C(C)(C)[C@@H](O)CC[C@]5(C)[C@@H]3CC[C@H]4[C@@]2(C)CC[C@@H]1O. The first-order valence-corrected chi connectivity index (χ1v) is 14.3. The van der Waals surface area contributed by atoms with Gasteiger partial charge in [-0.1, -0.05) is 48.5 Å². The Bertz CT molecular complexity index is 816. The molecule has 0 aromatic rings. The lowest BCUT2D eigenvalue weighted by Crippen LogP contribution is -2.59. The largest absolute Gasteiger partial charge is 0.393 e. The Kier molecular flexibility index (Phi) is 4.66. The van der Waals surface area contributed by atoms with E-state index in [2.05, 4.69) is 48.5 Å². The number of epoxide rings is 1. The fourth-order valence-electron chi connectivity index (χ4n) is 12.0. The predicted molar refractivity (Wildman–Crippen MR) is 132 cm³/mol. The number of fused-ring (bicyclic) bond motifs is 5. The molecule has 6 fully saturated rings. The van der Waals surface area contributed by atoms with Gasteiger partial charge < -0.3 is 14.9 Å². The molecule has 1 spiro atoms. The van der Waals surface area contributed by atoms with Gasteiger partial charge in [0.25, 0.3) is 0 Å². The molecule has 11 atom stereocenters. The van der Waals surface area contributed by atoms with E-state index in [0.717, 1.165) is 31.6 Å². The van der Waals surface area contributed by atoms with Crippen LogP contribution in [0.3, 0.4) is 0 Å². The lowest BCUT2D eigenvalue weighted by atomic mass is 9.41. The Morgan fingerprint density at radius 2 is 1.15 bits per heavy atom. The van der Waals surface area contributed by atoms with Gasteiger partial charge in [0.1, 0.15) is 0 Å². The Morgan fingerprint density at radius 1 is 0.606 bits per heavy atom. The van der Waals surface area contributed by atoms with Gasteiger partial charge in [0.05, 0.1) is 23.9 Å². The van der Waals surface area contributed by atoms with Gasteiger partial charge in [-0.25, -0.2) is 0 Å². The van der Waals surface area contributed by atoms with E-state index in [-0.39, 0.29) is 34.1 Å². The fourth-order valence-corrected chi connectivity index (χ4v) is 12.0. The number of hydrogen-bond acceptors (Lipinski definition) is 3. The second-order valence-electron chi connectivity index (χ2n) is 15.7. The number of rotatable bonds is 0. The highest BCUT2D eigenvalue weighted by atomic mass is 16.6. The summed E-state index contributed by atoms with van der Waals surface area (Å²) < 4.78 is 6.85. The second kappa shape index (κ2) is 6.60. The van der Waals surface area contributed by atoms with Gasteiger partial charge in [-0.05, 0) is 115 Å². The molecule has 188 valence electrons. The van der Waals surface area contributed by atoms with Gasteiger partial charge in [0.15, 0.2) is 0 Å². The fraction of sp³-hybridized carbons (Fsp3) is 1.00. The molecule has 0 aromatic heterocycles. The van der Waals surface area contributed by atoms with Crippen molar-refractivity contribution in [3.8, 4) is 0 Å². The summed E-state index contributed by atoms with van der Waals surface area (Å²) in [7, 11) is 0. The molecule has 0 radical (unpaired) electrons. The molecular weight excluding hydrogens is 408 g/mol. The molecule has 0 bridgehead atoms. The third-order valence-corrected chi connectivity index (χ3v) is 13.8. The molecule has 6 aliphatic rings. The highest BCUT2D eigenvalue weighted by Crippen LogP contribution is 2.76. The van der Waals surface area contributed by atoms with E-state index < -0.39 is 0 Å². The van der Waals surface area contributed by atoms with Crippen LogP contribution in [0.2, 0.25) is 0 Å². The number of hydrogen-bond donors (Lipinski definition) is 2. The van der Waals surface area contributed by atoms with E-state index >= 15 is 0 Å². The molecule has 0 unspecified atom stereocenters. The Morgan fingerprint density at radius 3 is 1.79 bits per heavy atom. The number of aliphatic hydroxyl groups excluding tert-OH is 2. The summed E-state index contributed by atoms with van der Waals surface area (Å²) in [5.74, 6) is 2.53. The van der Waals surface area contributed by atoms with Crippen LogP contribution in [-0.4, -0.2) is 34.1 Å². The molecule has 5 saturated carbocycles. The van der Waals surface area contributed by atoms with Crippen molar-refractivity contribution in [3.05, 3.63) is 0 Å². The van der Waals surface area contributed by atoms with Crippen LogP contribution in [0.15, 0.2) is 0 Å². The lowest BCUT2D eigenvalue weighted by molar-refractivity contribution is -0.173. The summed E-state index contributed by atoms with van der Waals surface area (Å²) in [6.45, 7) is 17.2. The van der Waals surface area contributed by atoms with E-state index in [0.29, 0.717) is 34.7 Å². The van der Waals surface area contributed by atoms with Crippen molar-refractivity contribution >= 4 is 0 Å². The van der Waals surface area contributed by atoms with Crippen LogP contribution in [0.5, 0.6) is 0 Å². The van der Waals surface area contributed by atoms with Gasteiger partial charge in [0.2, 0.25) is 0 Å². The van der Waals surface area contributed by atoms with Gasteiger partial charge in [-0.2, -0.15) is 0 Å². The van der Waals surface area contributed by atoms with Crippen molar-refractivity contribution in [1.29, 1.82) is 0 Å². The molecule has 5 aliphatic carbocycles. The number of aliphatic hydroxyl groups is 2. The van der Waals surface area contributed by atoms with Crippen molar-refractivity contribution in [2.45, 2.75) is 137 Å². The molecule has 0 amide bonds. The van der Waals surface area contributed by atoms with Crippen molar-refractivity contribution in [3.63, 3.8) is 0 Å². The van der Waals surface area contributed by atoms with Gasteiger partial charge in [0, 0.05) is 0 Å². The predicted octanol–water partition coefficient (Wildman–Crippen LogP) is 6.35. The van der Waals surface area contributed by atoms with Crippen LogP contribution in [-0.2, 0) is 4.74 Å². The van der Waals surface area contributed by atoms with Crippen LogP contribution in [0, 0.1) is 50.7 Å². The molecule has 3 heteroatoms. The summed E-state index contributed by atoms with van der Waals surface area (Å²) in [6.07, 6.45) is 11.9. The average Bonchev–Trinajstić information content (AvgIpc) is 3.43. The summed E-state index contributed by atoms with van der Waals surface area (Å²) in [4.78, 5) is 0. The van der Waals surface area contributed by atoms with Gasteiger partial charge in [-0.3, -0.25) is 0 Å². The smallest absolute Gasteiger partial charge is 0.0987 e. The van der Waals surface area contributed by atoms with Crippen LogP contribution < -0.4 is 0 Å². The minimum Gasteiger partial charge on any atom is -0.393 e. The highest BCUT2D eigenvalue weighted by molar-refractivity contribution is 5.24. The van der Waals surface area contributed by atoms with Crippen molar-refractivity contribution < 1.29 is 14.9 Å². The minimum absolute atomic E-state index is 0.0188. The standard InChI is InChI=1S/C30H50O3/c1-25(2)18-10-13-27(5)17-30-20(9-8-19(27)28(18,6)14-11-22(25)31)29(7)15-12-23(32)26(3,4)21(29)16-24(30)33-30/h18-24,31-32H,8-17H2,1-7H3/t18-,19+,20-,21+,22-,23-,24+,27-,28-,29+,30-/m0/s1. The van der Waals surface area contributed by atoms with E-state index in [1.807, 2.05) is 0 Å². The lowest BCUT2D eigenvalue weighted by Gasteiger charge is -2.63. The molecule has 6 rings (SSSR count). The van der Waals surface area contributed by atoms with Gasteiger partial charge >= 0.3 is 0 Å². The van der Waals surface area contributed by atoms with Crippen LogP contribution in [0.1, 0.15) is 113 Å². The summed E-state index contributed by atoms with van der Waals surface area (Å²) in [5.41, 5.74) is 1.05. The number of ether oxygens (including phenoxy) is 1. The third kappa shape index (κ3) is 2.74. The molecule has 0 aromatic carbocycles. The van der Waals surface area contributed by atoms with E-state index in [4.69, 9.17) is 4.74 Å². The monoisotopic (exact) mass is 458 g/mol. The maximum absolute atomic E-state index is 10.9. The van der Waals surface area contributed by atoms with Crippen LogP contribution in [0.25, 0.3) is 0 Å². The first kappa shape index (κ1) is 23.3. The van der Waals surface area contributed by atoms with Crippen LogP contribution in [0.4, 0.5) is 0 Å². The average molecular weight is 459 g/mol. The Hall–Kier alpha value is -0.120. The summed E-state index contributed by atoms with van der Waals surface area (Å²) >= 11 is 0. The highest BCUT2D eigenvalue weighted by Gasteiger charge is 2.76. The van der Waals surface area contributed by atoms with E-state index in [1.165, 1.54) is 38.5 Å². The molecular formula is C30H50O3. The Labute approximate surface area is 202 Å². The maximum atomic E-state index is 10.9. The summed E-state index contributed by atoms with van der Waals surface area (Å²) in [6, 6.07) is 0. The topological polar surface area (TPSA) is 53.0 Å². The first-order chi connectivity index (χ1) is 15.2. The van der Waals surface area contributed by atoms with Gasteiger partial charge in [-0.15, -0.1) is 0 Å². The molecule has 1 saturated heterocycles. The van der Waals surface area contributed by atoms with E-state index in [1.54, 1.807) is 0 Å². The second-order valence-corrected chi connectivity index (χ2v) is 15.7. The van der Waals surface area contributed by atoms with Crippen molar-refractivity contribution in [1.82, 2.24) is 0 Å². The minimum atomic E-state index is -0.178. The molecule has 1 aliphatic heterocycles. The van der Waals surface area contributed by atoms with Crippen molar-refractivity contribution in [2.24, 2.45) is 50.7 Å². The zero-order valence-corrected chi connectivity index (χ0v) is 22.4. The van der Waals surface area contributed by atoms with E-state index in [9.17, 15) is 10.2 Å². The zero-order valence-electron chi connectivity index (χ0n) is 22.4. The third-order valence-electron chi connectivity index (χ3n) is 13.8. The quantitative estimate of drug-likeness (QED) is 0.416. The van der Waals surface area contributed by atoms with Crippen LogP contribution >= 0.6 is 0 Å². The Balaban J connectivity index is 1.38. The molecule has 3 nitrogen and oxygen atoms in total. The summed E-state index contributed by atoms with van der Waals surface area (Å²) in [5, 5.41) is 21.8. The molecule has 33 heavy (non-hydrogen) atoms. The maximum Gasteiger partial charge on any atom is 0.0987 e. The molecule has 2 N–H and O–H groups in total. The first-order valence-electron chi connectivity index (χ1n) is 14.3. The zero-order chi connectivity index (χ0) is 23.8. The normalized spacial score (nSPS) is 60.8.